The van der Waals surface area contributed by atoms with Crippen LogP contribution >= 0.6 is 11.8 Å². The van der Waals surface area contributed by atoms with Crippen LogP contribution < -0.4 is 0 Å². The van der Waals surface area contributed by atoms with Gasteiger partial charge in [-0.05, 0) is 84.9 Å². The van der Waals surface area contributed by atoms with Gasteiger partial charge in [-0.2, -0.15) is 0 Å². The SMILES string of the molecule is C1=CC([S+](c2ccccc2)c2ccccc2)CC=C1Sc1ccc([S+](c2ccccc2)c2ccccc2)cc1. The summed E-state index contributed by atoms with van der Waals surface area (Å²) in [4.78, 5) is 9.47. The number of rotatable bonds is 8. The van der Waals surface area contributed by atoms with Crippen molar-refractivity contribution in [3.8, 4) is 0 Å². The molecule has 0 radical (unpaired) electrons. The van der Waals surface area contributed by atoms with Gasteiger partial charge >= 0.3 is 0 Å². The van der Waals surface area contributed by atoms with Crippen LogP contribution in [0.1, 0.15) is 6.42 Å². The van der Waals surface area contributed by atoms with Crippen molar-refractivity contribution < 1.29 is 0 Å². The lowest BCUT2D eigenvalue weighted by Gasteiger charge is -2.18. The van der Waals surface area contributed by atoms with Gasteiger partial charge < -0.3 is 0 Å². The Morgan fingerprint density at radius 2 is 0.923 bits per heavy atom. The van der Waals surface area contributed by atoms with Crippen molar-refractivity contribution in [2.24, 2.45) is 0 Å². The lowest BCUT2D eigenvalue weighted by atomic mass is 10.2. The van der Waals surface area contributed by atoms with E-state index in [1.165, 1.54) is 34.3 Å². The smallest absolute Gasteiger partial charge is 0.0904 e. The van der Waals surface area contributed by atoms with Gasteiger partial charge in [0.05, 0.1) is 21.8 Å². The predicted molar refractivity (Wildman–Crippen MR) is 170 cm³/mol. The van der Waals surface area contributed by atoms with E-state index in [9.17, 15) is 0 Å². The molecule has 0 amide bonds. The summed E-state index contributed by atoms with van der Waals surface area (Å²) < 4.78 is 0. The van der Waals surface area contributed by atoms with Crippen molar-refractivity contribution in [3.63, 3.8) is 0 Å². The zero-order valence-corrected chi connectivity index (χ0v) is 24.0. The summed E-state index contributed by atoms with van der Waals surface area (Å²) in [7, 11) is -0.0969. The molecule has 0 nitrogen and oxygen atoms in total. The normalized spacial score (nSPS) is 14.9. The van der Waals surface area contributed by atoms with Crippen LogP contribution in [0.15, 0.2) is 198 Å². The molecule has 1 unspecified atom stereocenters. The third kappa shape index (κ3) is 6.28. The highest BCUT2D eigenvalue weighted by molar-refractivity contribution is 8.03. The first-order valence-corrected chi connectivity index (χ1v) is 16.5. The Kier molecular flexibility index (Phi) is 8.40. The fourth-order valence-corrected chi connectivity index (χ4v) is 10.1. The van der Waals surface area contributed by atoms with Crippen LogP contribution in [0.25, 0.3) is 0 Å². The van der Waals surface area contributed by atoms with E-state index in [-0.39, 0.29) is 21.8 Å². The zero-order chi connectivity index (χ0) is 26.3. The molecule has 0 aliphatic heterocycles. The Morgan fingerprint density at radius 3 is 1.36 bits per heavy atom. The van der Waals surface area contributed by atoms with E-state index >= 15 is 0 Å². The third-order valence-electron chi connectivity index (χ3n) is 6.58. The van der Waals surface area contributed by atoms with E-state index in [1.807, 2.05) is 11.8 Å². The maximum atomic E-state index is 2.43. The van der Waals surface area contributed by atoms with Gasteiger partial charge in [-0.3, -0.25) is 0 Å². The zero-order valence-electron chi connectivity index (χ0n) is 21.6. The molecule has 0 bridgehead atoms. The topological polar surface area (TPSA) is 0 Å². The van der Waals surface area contributed by atoms with Gasteiger partial charge in [0.2, 0.25) is 0 Å². The highest BCUT2D eigenvalue weighted by Crippen LogP contribution is 2.37. The molecule has 1 aliphatic carbocycles. The van der Waals surface area contributed by atoms with Gasteiger partial charge in [0.25, 0.3) is 0 Å². The number of hydrogen-bond donors (Lipinski definition) is 0. The van der Waals surface area contributed by atoms with Crippen molar-refractivity contribution in [1.29, 1.82) is 0 Å². The lowest BCUT2D eigenvalue weighted by Crippen LogP contribution is -2.21. The third-order valence-corrected chi connectivity index (χ3v) is 12.4. The van der Waals surface area contributed by atoms with E-state index in [0.717, 1.165) is 6.42 Å². The second-order valence-corrected chi connectivity index (χ2v) is 14.6. The first-order chi connectivity index (χ1) is 19.3. The van der Waals surface area contributed by atoms with Gasteiger partial charge in [-0.1, -0.05) is 90.6 Å². The molecule has 5 aromatic carbocycles. The highest BCUT2D eigenvalue weighted by atomic mass is 32.2. The summed E-state index contributed by atoms with van der Waals surface area (Å²) in [6, 6.07) is 52.8. The fraction of sp³-hybridized carbons (Fsp3) is 0.0556. The molecule has 3 heteroatoms. The standard InChI is InChI=1S/C36H30S3/c1-5-13-31(14-6-1)38(32-15-7-2-8-16-32)35-25-21-29(22-26-35)37-30-23-27-36(28-24-30)39(33-17-9-3-10-18-33)34-19-11-4-12-20-34/h1-27,36H,28H2/q+2. The Labute approximate surface area is 242 Å². The predicted octanol–water partition coefficient (Wildman–Crippen LogP) is 9.82. The first-order valence-electron chi connectivity index (χ1n) is 13.2. The van der Waals surface area contributed by atoms with E-state index in [1.54, 1.807) is 0 Å². The van der Waals surface area contributed by atoms with Crippen molar-refractivity contribution in [1.82, 2.24) is 0 Å². The number of allylic oxidation sites excluding steroid dienone is 2. The number of thioether (sulfide) groups is 1. The van der Waals surface area contributed by atoms with Crippen molar-refractivity contribution in [2.75, 3.05) is 0 Å². The quantitative estimate of drug-likeness (QED) is 0.171. The molecule has 39 heavy (non-hydrogen) atoms. The maximum Gasteiger partial charge on any atom is 0.166 e. The summed E-state index contributed by atoms with van der Waals surface area (Å²) in [6.45, 7) is 0. The van der Waals surface area contributed by atoms with Crippen LogP contribution in [-0.2, 0) is 21.8 Å². The van der Waals surface area contributed by atoms with Gasteiger partial charge in [-0.15, -0.1) is 0 Å². The largest absolute Gasteiger partial charge is 0.166 e. The molecule has 0 N–H and O–H groups in total. The minimum absolute atomic E-state index is 0.0162. The summed E-state index contributed by atoms with van der Waals surface area (Å²) >= 11 is 1.86. The number of hydrogen-bond acceptors (Lipinski definition) is 1. The van der Waals surface area contributed by atoms with Crippen LogP contribution in [0.4, 0.5) is 0 Å². The molecule has 1 aliphatic rings. The minimum atomic E-state index is -0.113. The Hall–Kier alpha value is -3.37. The monoisotopic (exact) mass is 558 g/mol. The van der Waals surface area contributed by atoms with Crippen LogP contribution in [-0.4, -0.2) is 5.25 Å². The van der Waals surface area contributed by atoms with Gasteiger partial charge in [-0.25, -0.2) is 0 Å². The summed E-state index contributed by atoms with van der Waals surface area (Å²) in [5.41, 5.74) is 0. The molecule has 5 aromatic rings. The average molecular weight is 559 g/mol. The average Bonchev–Trinajstić information content (AvgIpc) is 3.01. The van der Waals surface area contributed by atoms with E-state index in [0.29, 0.717) is 5.25 Å². The van der Waals surface area contributed by atoms with Gasteiger partial charge in [0.15, 0.2) is 29.7 Å². The molecule has 0 saturated carbocycles. The molecule has 190 valence electrons. The Bertz CT molecular complexity index is 1450. The van der Waals surface area contributed by atoms with E-state index in [2.05, 4.69) is 164 Å². The summed E-state index contributed by atoms with van der Waals surface area (Å²) in [5, 5.41) is 0.472. The van der Waals surface area contributed by atoms with Gasteiger partial charge in [0.1, 0.15) is 0 Å². The summed E-state index contributed by atoms with van der Waals surface area (Å²) in [6.07, 6.45) is 8.24. The molecule has 0 heterocycles. The van der Waals surface area contributed by atoms with Crippen molar-refractivity contribution >= 4 is 33.6 Å². The molecule has 1 atom stereocenters. The fourth-order valence-electron chi connectivity index (χ4n) is 4.75. The Balaban J connectivity index is 1.19. The van der Waals surface area contributed by atoms with E-state index < -0.39 is 0 Å². The minimum Gasteiger partial charge on any atom is -0.0904 e. The molecule has 0 spiro atoms. The molecular weight excluding hydrogens is 529 g/mol. The molecule has 6 rings (SSSR count). The number of benzene rings is 5. The maximum absolute atomic E-state index is 2.43. The second-order valence-electron chi connectivity index (χ2n) is 9.21. The molecule has 0 fully saturated rings. The van der Waals surface area contributed by atoms with Crippen LogP contribution in [0.2, 0.25) is 0 Å². The van der Waals surface area contributed by atoms with Crippen molar-refractivity contribution in [3.05, 3.63) is 169 Å². The molecule has 0 aromatic heterocycles. The highest BCUT2D eigenvalue weighted by Gasteiger charge is 2.34. The second kappa shape index (κ2) is 12.7. The van der Waals surface area contributed by atoms with E-state index in [4.69, 9.17) is 0 Å². The lowest BCUT2D eigenvalue weighted by molar-refractivity contribution is 1.03. The Morgan fingerprint density at radius 1 is 0.487 bits per heavy atom. The van der Waals surface area contributed by atoms with Gasteiger partial charge in [0, 0.05) is 16.2 Å². The molecule has 0 saturated heterocycles. The summed E-state index contributed by atoms with van der Waals surface area (Å²) in [5.74, 6) is 0. The van der Waals surface area contributed by atoms with Crippen molar-refractivity contribution in [2.45, 2.75) is 41.0 Å². The van der Waals surface area contributed by atoms with Crippen LogP contribution in [0.5, 0.6) is 0 Å². The van der Waals surface area contributed by atoms with Crippen LogP contribution in [0.3, 0.4) is 0 Å². The van der Waals surface area contributed by atoms with Crippen LogP contribution in [0, 0.1) is 0 Å². The molecular formula is C36H30S3+2. The first kappa shape index (κ1) is 25.9.